The highest BCUT2D eigenvalue weighted by atomic mass is 32.2. The van der Waals surface area contributed by atoms with Gasteiger partial charge in [-0.3, -0.25) is 9.11 Å². The highest BCUT2D eigenvalue weighted by Crippen LogP contribution is 2.30. The molecule has 2 aromatic rings. The molecule has 0 spiro atoms. The van der Waals surface area contributed by atoms with Crippen LogP contribution in [0.2, 0.25) is 0 Å². The first-order chi connectivity index (χ1) is 8.60. The lowest BCUT2D eigenvalue weighted by Crippen LogP contribution is -2.05. The van der Waals surface area contributed by atoms with Crippen molar-refractivity contribution in [2.75, 3.05) is 5.73 Å². The summed E-state index contributed by atoms with van der Waals surface area (Å²) in [5, 5.41) is 0.0800. The van der Waals surface area contributed by atoms with Crippen molar-refractivity contribution < 1.29 is 25.9 Å². The molecule has 0 bridgehead atoms. The minimum absolute atomic E-state index is 0.0580. The first kappa shape index (κ1) is 13.7. The third-order valence-corrected chi connectivity index (χ3v) is 4.16. The van der Waals surface area contributed by atoms with Crippen molar-refractivity contribution in [3.8, 4) is 0 Å². The van der Waals surface area contributed by atoms with Crippen molar-refractivity contribution in [1.82, 2.24) is 0 Å². The molecule has 9 heteroatoms. The molecular formula is C10H8NO6S2. The van der Waals surface area contributed by atoms with Crippen molar-refractivity contribution in [3.05, 3.63) is 30.3 Å². The van der Waals surface area contributed by atoms with Gasteiger partial charge in [-0.05, 0) is 17.5 Å². The van der Waals surface area contributed by atoms with Gasteiger partial charge in [0.05, 0.1) is 4.90 Å². The molecule has 0 fully saturated rings. The van der Waals surface area contributed by atoms with Crippen LogP contribution in [0.25, 0.3) is 10.8 Å². The van der Waals surface area contributed by atoms with E-state index in [1.165, 1.54) is 12.1 Å². The lowest BCUT2D eigenvalue weighted by molar-refractivity contribution is 0.482. The normalized spacial score (nSPS) is 12.7. The first-order valence-corrected chi connectivity index (χ1v) is 7.67. The number of nitrogen functional groups attached to an aromatic ring is 1. The van der Waals surface area contributed by atoms with Crippen LogP contribution in [0.5, 0.6) is 0 Å². The number of fused-ring (bicyclic) bond motifs is 1. The van der Waals surface area contributed by atoms with E-state index in [1.807, 2.05) is 0 Å². The van der Waals surface area contributed by atoms with E-state index in [4.69, 9.17) is 14.8 Å². The number of benzene rings is 2. The molecule has 1 radical (unpaired) electrons. The largest absolute Gasteiger partial charge is 0.398 e. The van der Waals surface area contributed by atoms with Crippen LogP contribution < -0.4 is 5.73 Å². The molecule has 0 aliphatic heterocycles. The van der Waals surface area contributed by atoms with Crippen molar-refractivity contribution in [3.63, 3.8) is 0 Å². The van der Waals surface area contributed by atoms with Gasteiger partial charge in [-0.2, -0.15) is 16.8 Å². The Kier molecular flexibility index (Phi) is 3.01. The zero-order valence-corrected chi connectivity index (χ0v) is 10.9. The van der Waals surface area contributed by atoms with Gasteiger partial charge in [0.15, 0.2) is 0 Å². The second-order valence-corrected chi connectivity index (χ2v) is 6.54. The molecule has 0 amide bonds. The van der Waals surface area contributed by atoms with Gasteiger partial charge in [0.25, 0.3) is 20.2 Å². The third kappa shape index (κ3) is 2.54. The van der Waals surface area contributed by atoms with E-state index in [1.54, 1.807) is 0 Å². The van der Waals surface area contributed by atoms with E-state index >= 15 is 0 Å². The number of hydrogen-bond donors (Lipinski definition) is 3. The lowest BCUT2D eigenvalue weighted by Gasteiger charge is -2.08. The molecule has 4 N–H and O–H groups in total. The van der Waals surface area contributed by atoms with E-state index in [9.17, 15) is 16.8 Å². The van der Waals surface area contributed by atoms with E-state index in [0.29, 0.717) is 6.07 Å². The highest BCUT2D eigenvalue weighted by Gasteiger charge is 2.21. The molecule has 0 aliphatic rings. The molecule has 0 atom stereocenters. The Morgan fingerprint density at radius 1 is 1.05 bits per heavy atom. The maximum absolute atomic E-state index is 11.3. The fourth-order valence-electron chi connectivity index (χ4n) is 1.68. The van der Waals surface area contributed by atoms with Gasteiger partial charge >= 0.3 is 0 Å². The van der Waals surface area contributed by atoms with Crippen LogP contribution in [0.1, 0.15) is 0 Å². The van der Waals surface area contributed by atoms with Crippen LogP contribution >= 0.6 is 0 Å². The highest BCUT2D eigenvalue weighted by molar-refractivity contribution is 7.86. The van der Waals surface area contributed by atoms with E-state index in [-0.39, 0.29) is 16.5 Å². The molecule has 0 saturated heterocycles. The monoisotopic (exact) mass is 302 g/mol. The second-order valence-electron chi connectivity index (χ2n) is 3.73. The Hall–Kier alpha value is -1.68. The SMILES string of the molecule is Nc1[c]ccc2cc(S(=O)(=O)O)cc(S(=O)(=O)O)c12. The van der Waals surface area contributed by atoms with Crippen molar-refractivity contribution in [1.29, 1.82) is 0 Å². The molecule has 2 aromatic carbocycles. The lowest BCUT2D eigenvalue weighted by atomic mass is 10.1. The fourth-order valence-corrected chi connectivity index (χ4v) is 3.06. The second kappa shape index (κ2) is 4.17. The summed E-state index contributed by atoms with van der Waals surface area (Å²) in [6, 6.07) is 6.93. The number of nitrogens with two attached hydrogens (primary N) is 1. The predicted octanol–water partition coefficient (Wildman–Crippen LogP) is 0.716. The Labute approximate surface area is 109 Å². The van der Waals surface area contributed by atoms with Gasteiger partial charge in [-0.15, -0.1) is 0 Å². The van der Waals surface area contributed by atoms with Crippen molar-refractivity contribution in [2.45, 2.75) is 9.79 Å². The third-order valence-electron chi connectivity index (χ3n) is 2.45. The average Bonchev–Trinajstić information content (AvgIpc) is 2.25. The molecular weight excluding hydrogens is 294 g/mol. The minimum Gasteiger partial charge on any atom is -0.398 e. The zero-order valence-electron chi connectivity index (χ0n) is 9.23. The van der Waals surface area contributed by atoms with E-state index < -0.39 is 30.0 Å². The van der Waals surface area contributed by atoms with Crippen LogP contribution in [-0.4, -0.2) is 25.9 Å². The zero-order chi connectivity index (χ0) is 14.4. The summed E-state index contributed by atoms with van der Waals surface area (Å²) < 4.78 is 62.8. The fraction of sp³-hybridized carbons (Fsp3) is 0. The standard InChI is InChI=1S/C10H8NO6S2/c11-8-3-1-2-6-4-7(18(12,13)14)5-9(10(6)8)19(15,16)17/h1-2,4-5H,11H2,(H,12,13,14)(H,15,16,17). The number of hydrogen-bond acceptors (Lipinski definition) is 5. The van der Waals surface area contributed by atoms with Crippen molar-refractivity contribution in [2.24, 2.45) is 0 Å². The topological polar surface area (TPSA) is 135 Å². The number of rotatable bonds is 2. The summed E-state index contributed by atoms with van der Waals surface area (Å²) in [5.74, 6) is 0. The van der Waals surface area contributed by atoms with Gasteiger partial charge in [0.2, 0.25) is 0 Å². The molecule has 0 unspecified atom stereocenters. The Morgan fingerprint density at radius 2 is 1.68 bits per heavy atom. The Morgan fingerprint density at radius 3 is 2.21 bits per heavy atom. The average molecular weight is 302 g/mol. The summed E-state index contributed by atoms with van der Waals surface area (Å²) in [7, 11) is -9.33. The van der Waals surface area contributed by atoms with Gasteiger partial charge in [0.1, 0.15) is 4.90 Å². The van der Waals surface area contributed by atoms with Crippen LogP contribution in [0.4, 0.5) is 5.69 Å². The maximum atomic E-state index is 11.3. The molecule has 101 valence electrons. The van der Waals surface area contributed by atoms with Crippen LogP contribution in [0.15, 0.2) is 34.1 Å². The summed E-state index contributed by atoms with van der Waals surface area (Å²) >= 11 is 0. The van der Waals surface area contributed by atoms with Gasteiger partial charge in [-0.1, -0.05) is 12.1 Å². The molecule has 0 saturated carbocycles. The number of anilines is 1. The quantitative estimate of drug-likeness (QED) is 0.549. The summed E-state index contributed by atoms with van der Waals surface area (Å²) in [6.45, 7) is 0. The van der Waals surface area contributed by atoms with Crippen LogP contribution in [-0.2, 0) is 20.2 Å². The van der Waals surface area contributed by atoms with Crippen molar-refractivity contribution >= 4 is 36.7 Å². The van der Waals surface area contributed by atoms with Gasteiger partial charge in [0, 0.05) is 17.1 Å². The van der Waals surface area contributed by atoms with Crippen LogP contribution in [0, 0.1) is 6.07 Å². The van der Waals surface area contributed by atoms with E-state index in [0.717, 1.165) is 6.07 Å². The summed E-state index contributed by atoms with van der Waals surface area (Å²) in [5.41, 5.74) is 5.51. The van der Waals surface area contributed by atoms with E-state index in [2.05, 4.69) is 6.07 Å². The van der Waals surface area contributed by atoms with Crippen LogP contribution in [0.3, 0.4) is 0 Å². The maximum Gasteiger partial charge on any atom is 0.295 e. The smallest absolute Gasteiger partial charge is 0.295 e. The molecule has 0 aromatic heterocycles. The Bertz CT molecular complexity index is 870. The first-order valence-electron chi connectivity index (χ1n) is 4.79. The Balaban J connectivity index is 3.07. The minimum atomic E-state index is -4.71. The van der Waals surface area contributed by atoms with Gasteiger partial charge in [-0.25, -0.2) is 0 Å². The summed E-state index contributed by atoms with van der Waals surface area (Å²) in [4.78, 5) is -1.36. The molecule has 0 heterocycles. The predicted molar refractivity (Wildman–Crippen MR) is 66.8 cm³/mol. The molecule has 19 heavy (non-hydrogen) atoms. The summed E-state index contributed by atoms with van der Waals surface area (Å²) in [6.07, 6.45) is 0. The molecule has 2 rings (SSSR count). The van der Waals surface area contributed by atoms with Gasteiger partial charge < -0.3 is 5.73 Å². The molecule has 7 nitrogen and oxygen atoms in total. The molecule has 0 aliphatic carbocycles.